The van der Waals surface area contributed by atoms with Crippen LogP contribution in [0, 0.1) is 0 Å². The molecule has 0 spiro atoms. The van der Waals surface area contributed by atoms with Gasteiger partial charge in [0, 0.05) is 19.6 Å². The minimum atomic E-state index is -3.97. The summed E-state index contributed by atoms with van der Waals surface area (Å²) in [4.78, 5) is 15.1. The van der Waals surface area contributed by atoms with Crippen molar-refractivity contribution in [2.24, 2.45) is 0 Å². The summed E-state index contributed by atoms with van der Waals surface area (Å²) in [6.45, 7) is 3.22. The number of ether oxygens (including phenoxy) is 2. The van der Waals surface area contributed by atoms with Gasteiger partial charge in [-0.3, -0.25) is 9.69 Å². The molecule has 0 atom stereocenters. The molecule has 1 saturated heterocycles. The molecule has 1 heterocycles. The fourth-order valence-corrected chi connectivity index (χ4v) is 6.06. The zero-order valence-electron chi connectivity index (χ0n) is 17.4. The Morgan fingerprint density at radius 2 is 1.71 bits per heavy atom. The first-order chi connectivity index (χ1) is 14.7. The van der Waals surface area contributed by atoms with E-state index in [0.29, 0.717) is 35.4 Å². The summed E-state index contributed by atoms with van der Waals surface area (Å²) in [5.41, 5.74) is 0.969. The first kappa shape index (κ1) is 23.9. The van der Waals surface area contributed by atoms with Gasteiger partial charge in [0.15, 0.2) is 14.6 Å². The van der Waals surface area contributed by atoms with Gasteiger partial charge in [0.05, 0.1) is 28.7 Å². The van der Waals surface area contributed by atoms with Crippen molar-refractivity contribution < 1.29 is 22.7 Å². The van der Waals surface area contributed by atoms with Crippen LogP contribution < -0.4 is 4.74 Å². The summed E-state index contributed by atoms with van der Waals surface area (Å²) < 4.78 is 35.9. The monoisotopic (exact) mass is 485 g/mol. The average molecular weight is 486 g/mol. The molecular formula is C22H25Cl2NO5S. The fourth-order valence-electron chi connectivity index (χ4n) is 3.79. The van der Waals surface area contributed by atoms with Crippen molar-refractivity contribution in [3.63, 3.8) is 0 Å². The van der Waals surface area contributed by atoms with E-state index in [1.54, 1.807) is 31.2 Å². The van der Waals surface area contributed by atoms with E-state index >= 15 is 0 Å². The summed E-state index contributed by atoms with van der Waals surface area (Å²) in [6, 6.07) is 11.5. The van der Waals surface area contributed by atoms with Gasteiger partial charge in [-0.15, -0.1) is 0 Å². The molecule has 3 rings (SSSR count). The van der Waals surface area contributed by atoms with E-state index in [1.165, 1.54) is 19.2 Å². The van der Waals surface area contributed by atoms with Crippen LogP contribution in [0.4, 0.5) is 0 Å². The SMILES string of the molecule is CCOC(=O)C1(S(=O)(=O)c2ccc(OC)cc2)CCN(Cc2ccc(Cl)c(Cl)c2)CC1. The molecule has 31 heavy (non-hydrogen) atoms. The zero-order chi connectivity index (χ0) is 22.6. The predicted octanol–water partition coefficient (Wildman–Crippen LogP) is 4.37. The van der Waals surface area contributed by atoms with E-state index in [0.717, 1.165) is 5.56 Å². The van der Waals surface area contributed by atoms with Crippen molar-refractivity contribution >= 4 is 39.0 Å². The summed E-state index contributed by atoms with van der Waals surface area (Å²) in [7, 11) is -2.47. The van der Waals surface area contributed by atoms with Gasteiger partial charge in [-0.1, -0.05) is 29.3 Å². The fraction of sp³-hybridized carbons (Fsp3) is 0.409. The zero-order valence-corrected chi connectivity index (χ0v) is 19.8. The lowest BCUT2D eigenvalue weighted by molar-refractivity contribution is -0.147. The Kier molecular flexibility index (Phi) is 7.52. The molecule has 0 saturated carbocycles. The molecule has 2 aromatic rings. The first-order valence-corrected chi connectivity index (χ1v) is 12.2. The Morgan fingerprint density at radius 3 is 2.26 bits per heavy atom. The molecule has 0 aliphatic carbocycles. The highest BCUT2D eigenvalue weighted by molar-refractivity contribution is 7.93. The summed E-state index contributed by atoms with van der Waals surface area (Å²) in [6.07, 6.45) is 0.281. The lowest BCUT2D eigenvalue weighted by Gasteiger charge is -2.39. The van der Waals surface area contributed by atoms with Crippen molar-refractivity contribution in [1.29, 1.82) is 0 Å². The third-order valence-corrected chi connectivity index (χ3v) is 8.82. The average Bonchev–Trinajstić information content (AvgIpc) is 2.77. The maximum absolute atomic E-state index is 13.6. The van der Waals surface area contributed by atoms with Gasteiger partial charge < -0.3 is 9.47 Å². The number of halogens is 2. The summed E-state index contributed by atoms with van der Waals surface area (Å²) >= 11 is 12.1. The van der Waals surface area contributed by atoms with Crippen LogP contribution in [0.1, 0.15) is 25.3 Å². The maximum Gasteiger partial charge on any atom is 0.327 e. The predicted molar refractivity (Wildman–Crippen MR) is 121 cm³/mol. The Bertz CT molecular complexity index is 1030. The van der Waals surface area contributed by atoms with Crippen LogP contribution in [0.5, 0.6) is 5.75 Å². The normalized spacial score (nSPS) is 16.6. The van der Waals surface area contributed by atoms with Gasteiger partial charge >= 0.3 is 5.97 Å². The number of carbonyl (C=O) groups excluding carboxylic acids is 1. The van der Waals surface area contributed by atoms with Gasteiger partial charge in [0.2, 0.25) is 0 Å². The lowest BCUT2D eigenvalue weighted by atomic mass is 9.95. The standard InChI is InChI=1S/C22H25Cl2NO5S/c1-3-30-21(26)22(31(27,28)18-7-5-17(29-2)6-8-18)10-12-25(13-11-22)15-16-4-9-19(23)20(24)14-16/h4-9,14H,3,10-13,15H2,1-2H3. The minimum Gasteiger partial charge on any atom is -0.497 e. The molecule has 0 amide bonds. The van der Waals surface area contributed by atoms with Crippen LogP contribution in [0.2, 0.25) is 10.0 Å². The molecule has 0 radical (unpaired) electrons. The number of likely N-dealkylation sites (tertiary alicyclic amines) is 1. The highest BCUT2D eigenvalue weighted by Crippen LogP contribution is 2.38. The molecule has 0 bridgehead atoms. The molecular weight excluding hydrogens is 461 g/mol. The van der Waals surface area contributed by atoms with E-state index in [4.69, 9.17) is 32.7 Å². The maximum atomic E-state index is 13.6. The highest BCUT2D eigenvalue weighted by atomic mass is 35.5. The summed E-state index contributed by atoms with van der Waals surface area (Å²) in [5, 5.41) is 0.954. The van der Waals surface area contributed by atoms with Crippen LogP contribution >= 0.6 is 23.2 Å². The second-order valence-electron chi connectivity index (χ2n) is 7.42. The number of sulfone groups is 1. The van der Waals surface area contributed by atoms with Crippen LogP contribution in [0.3, 0.4) is 0 Å². The van der Waals surface area contributed by atoms with Gasteiger partial charge in [-0.2, -0.15) is 0 Å². The van der Waals surface area contributed by atoms with Gasteiger partial charge in [-0.25, -0.2) is 8.42 Å². The van der Waals surface area contributed by atoms with Crippen molar-refractivity contribution in [2.45, 2.75) is 36.0 Å². The number of rotatable bonds is 7. The van der Waals surface area contributed by atoms with Crippen LogP contribution in [-0.4, -0.2) is 50.8 Å². The Labute approximate surface area is 193 Å². The number of nitrogens with zero attached hydrogens (tertiary/aromatic N) is 1. The molecule has 1 aliphatic heterocycles. The van der Waals surface area contributed by atoms with Crippen molar-refractivity contribution in [3.8, 4) is 5.75 Å². The summed E-state index contributed by atoms with van der Waals surface area (Å²) in [5.74, 6) is -0.152. The molecule has 9 heteroatoms. The number of carbonyl (C=O) groups is 1. The van der Waals surface area contributed by atoms with E-state index in [-0.39, 0.29) is 24.3 Å². The number of hydrogen-bond donors (Lipinski definition) is 0. The Hall–Kier alpha value is -1.80. The molecule has 168 valence electrons. The first-order valence-electron chi connectivity index (χ1n) is 9.95. The second kappa shape index (κ2) is 9.77. The largest absolute Gasteiger partial charge is 0.497 e. The topological polar surface area (TPSA) is 72.9 Å². The van der Waals surface area contributed by atoms with E-state index in [2.05, 4.69) is 4.90 Å². The number of piperidine rings is 1. The van der Waals surface area contributed by atoms with Crippen molar-refractivity contribution in [3.05, 3.63) is 58.1 Å². The smallest absolute Gasteiger partial charge is 0.327 e. The van der Waals surface area contributed by atoms with Crippen LogP contribution in [0.25, 0.3) is 0 Å². The van der Waals surface area contributed by atoms with Crippen LogP contribution in [-0.2, 0) is 25.9 Å². The number of methoxy groups -OCH3 is 1. The van der Waals surface area contributed by atoms with Gasteiger partial charge in [0.25, 0.3) is 0 Å². The number of esters is 1. The Balaban J connectivity index is 1.84. The minimum absolute atomic E-state index is 0.0827. The lowest BCUT2D eigenvalue weighted by Crippen LogP contribution is -2.54. The molecule has 0 N–H and O–H groups in total. The number of benzene rings is 2. The Morgan fingerprint density at radius 1 is 1.06 bits per heavy atom. The third-order valence-electron chi connectivity index (χ3n) is 5.59. The second-order valence-corrected chi connectivity index (χ2v) is 10.5. The molecule has 1 fully saturated rings. The van der Waals surface area contributed by atoms with Gasteiger partial charge in [-0.05, 0) is 61.7 Å². The molecule has 6 nitrogen and oxygen atoms in total. The van der Waals surface area contributed by atoms with E-state index in [9.17, 15) is 13.2 Å². The molecule has 0 unspecified atom stereocenters. The highest BCUT2D eigenvalue weighted by Gasteiger charge is 2.54. The number of hydrogen-bond acceptors (Lipinski definition) is 6. The van der Waals surface area contributed by atoms with Gasteiger partial charge in [0.1, 0.15) is 5.75 Å². The quantitative estimate of drug-likeness (QED) is 0.542. The van der Waals surface area contributed by atoms with Crippen molar-refractivity contribution in [1.82, 2.24) is 4.90 Å². The van der Waals surface area contributed by atoms with E-state index in [1.807, 2.05) is 6.07 Å². The molecule has 0 aromatic heterocycles. The third kappa shape index (κ3) is 4.85. The molecule has 1 aliphatic rings. The molecule has 2 aromatic carbocycles. The van der Waals surface area contributed by atoms with Crippen molar-refractivity contribution in [2.75, 3.05) is 26.8 Å². The van der Waals surface area contributed by atoms with Crippen LogP contribution in [0.15, 0.2) is 47.4 Å². The van der Waals surface area contributed by atoms with E-state index < -0.39 is 20.6 Å².